The van der Waals surface area contributed by atoms with Crippen LogP contribution in [0.3, 0.4) is 0 Å². The van der Waals surface area contributed by atoms with E-state index in [-0.39, 0.29) is 17.1 Å². The molecule has 0 aliphatic heterocycles. The largest absolute Gasteiger partial charge is 0.496 e. The molecule has 8 nitrogen and oxygen atoms in total. The zero-order chi connectivity index (χ0) is 24.5. The molecule has 0 saturated heterocycles. The van der Waals surface area contributed by atoms with Gasteiger partial charge in [0.05, 0.1) is 19.5 Å². The highest BCUT2D eigenvalue weighted by Gasteiger charge is 2.21. The normalized spacial score (nSPS) is 11.5. The maximum atomic E-state index is 13.0. The van der Waals surface area contributed by atoms with E-state index >= 15 is 0 Å². The topological polar surface area (TPSA) is 102 Å². The second-order valence-electron chi connectivity index (χ2n) is 6.84. The third-order valence-corrected chi connectivity index (χ3v) is 7.43. The van der Waals surface area contributed by atoms with E-state index in [2.05, 4.69) is 20.0 Å². The summed E-state index contributed by atoms with van der Waals surface area (Å²) in [6.45, 7) is 3.98. The first-order chi connectivity index (χ1) is 16.5. The Morgan fingerprint density at radius 2 is 1.76 bits per heavy atom. The smallest absolute Gasteiger partial charge is 0.263 e. The number of nitrogens with zero attached hydrogens (tertiary/aromatic N) is 2. The second kappa shape index (κ2) is 12.6. The van der Waals surface area contributed by atoms with E-state index in [9.17, 15) is 9.59 Å². The first kappa shape index (κ1) is 25.9. The van der Waals surface area contributed by atoms with Crippen molar-refractivity contribution in [3.63, 3.8) is 0 Å². The van der Waals surface area contributed by atoms with Gasteiger partial charge in [-0.15, -0.1) is 11.8 Å². The fourth-order valence-corrected chi connectivity index (χ4v) is 5.32. The Kier molecular flexibility index (Phi) is 9.61. The number of ether oxygens (including phenoxy) is 2. The van der Waals surface area contributed by atoms with Crippen molar-refractivity contribution in [3.8, 4) is 11.5 Å². The summed E-state index contributed by atoms with van der Waals surface area (Å²) in [6.07, 6.45) is 0.626. The number of hydrogen-bond donors (Lipinski definition) is 2. The minimum atomic E-state index is -0.349. The van der Waals surface area contributed by atoms with E-state index in [1.807, 2.05) is 32.0 Å². The van der Waals surface area contributed by atoms with Crippen molar-refractivity contribution in [2.24, 2.45) is 0 Å². The van der Waals surface area contributed by atoms with Crippen molar-refractivity contribution >= 4 is 57.7 Å². The summed E-state index contributed by atoms with van der Waals surface area (Å²) in [7, 11) is 3.01. The Morgan fingerprint density at radius 3 is 2.41 bits per heavy atom. The molecule has 0 spiro atoms. The molecule has 1 aromatic heterocycles. The summed E-state index contributed by atoms with van der Waals surface area (Å²) in [5.41, 5.74) is 0.914. The Hall–Kier alpha value is -2.76. The van der Waals surface area contributed by atoms with Crippen LogP contribution in [-0.2, 0) is 4.79 Å². The quantitative estimate of drug-likeness (QED) is 0.324. The van der Waals surface area contributed by atoms with Gasteiger partial charge in [-0.1, -0.05) is 37.7 Å². The number of anilines is 2. The van der Waals surface area contributed by atoms with Crippen LogP contribution in [0.5, 0.6) is 11.5 Å². The molecule has 0 aliphatic rings. The lowest BCUT2D eigenvalue weighted by atomic mass is 10.1. The zero-order valence-electron chi connectivity index (χ0n) is 19.3. The van der Waals surface area contributed by atoms with Crippen molar-refractivity contribution in [1.29, 1.82) is 0 Å². The van der Waals surface area contributed by atoms with Gasteiger partial charge in [0.25, 0.3) is 5.91 Å². The van der Waals surface area contributed by atoms with E-state index in [0.717, 1.165) is 10.6 Å². The number of aromatic nitrogens is 2. The number of carbonyl (C=O) groups is 2. The van der Waals surface area contributed by atoms with Gasteiger partial charge in [-0.05, 0) is 42.5 Å². The van der Waals surface area contributed by atoms with Crippen molar-refractivity contribution < 1.29 is 19.1 Å². The van der Waals surface area contributed by atoms with E-state index < -0.39 is 0 Å². The summed E-state index contributed by atoms with van der Waals surface area (Å²) in [5.74, 6) is 1.22. The molecule has 0 saturated carbocycles. The molecule has 1 unspecified atom stereocenters. The second-order valence-corrected chi connectivity index (χ2v) is 10.1. The molecule has 0 aliphatic carbocycles. The lowest BCUT2D eigenvalue weighted by Crippen LogP contribution is -2.24. The Bertz CT molecular complexity index is 1120. The van der Waals surface area contributed by atoms with Crippen LogP contribution in [0.2, 0.25) is 0 Å². The van der Waals surface area contributed by atoms with Crippen LogP contribution in [0.1, 0.15) is 30.6 Å². The third kappa shape index (κ3) is 6.64. The van der Waals surface area contributed by atoms with Crippen LogP contribution in [0.15, 0.2) is 52.5 Å². The minimum Gasteiger partial charge on any atom is -0.496 e. The Balaban J connectivity index is 1.69. The highest BCUT2D eigenvalue weighted by atomic mass is 32.2. The van der Waals surface area contributed by atoms with Crippen molar-refractivity contribution in [3.05, 3.63) is 48.0 Å². The van der Waals surface area contributed by atoms with Crippen LogP contribution < -0.4 is 20.1 Å². The Labute approximate surface area is 211 Å². The number of hydrogen-bond acceptors (Lipinski definition) is 9. The number of rotatable bonds is 11. The third-order valence-electron chi connectivity index (χ3n) is 4.60. The van der Waals surface area contributed by atoms with Crippen molar-refractivity contribution in [2.75, 3.05) is 30.6 Å². The SMILES string of the molecule is CCSc1nsc(NC(=O)C(CC)Sc2cccc(NC(=O)c3c(OC)cccc3OC)c2)n1. The molecule has 1 heterocycles. The summed E-state index contributed by atoms with van der Waals surface area (Å²) in [4.78, 5) is 31.0. The van der Waals surface area contributed by atoms with E-state index in [4.69, 9.17) is 9.47 Å². The average Bonchev–Trinajstić information content (AvgIpc) is 3.28. The van der Waals surface area contributed by atoms with Gasteiger partial charge >= 0.3 is 0 Å². The fraction of sp³-hybridized carbons (Fsp3) is 0.304. The first-order valence-corrected chi connectivity index (χ1v) is 13.2. The molecule has 180 valence electrons. The summed E-state index contributed by atoms with van der Waals surface area (Å²) in [5, 5.41) is 6.58. The number of amides is 2. The van der Waals surface area contributed by atoms with Crippen LogP contribution in [0.25, 0.3) is 0 Å². The van der Waals surface area contributed by atoms with Crippen molar-refractivity contribution in [1.82, 2.24) is 9.36 Å². The van der Waals surface area contributed by atoms with Gasteiger partial charge in [0.2, 0.25) is 16.2 Å². The fourth-order valence-electron chi connectivity index (χ4n) is 3.04. The van der Waals surface area contributed by atoms with E-state index in [1.165, 1.54) is 49.3 Å². The first-order valence-electron chi connectivity index (χ1n) is 10.5. The lowest BCUT2D eigenvalue weighted by Gasteiger charge is -2.15. The monoisotopic (exact) mass is 518 g/mol. The highest BCUT2D eigenvalue weighted by molar-refractivity contribution is 8.00. The molecule has 1 atom stereocenters. The van der Waals surface area contributed by atoms with Gasteiger partial charge < -0.3 is 14.8 Å². The lowest BCUT2D eigenvalue weighted by molar-refractivity contribution is -0.115. The summed E-state index contributed by atoms with van der Waals surface area (Å²) >= 11 is 4.13. The van der Waals surface area contributed by atoms with Crippen LogP contribution in [0.4, 0.5) is 10.8 Å². The molecule has 3 rings (SSSR count). The van der Waals surface area contributed by atoms with E-state index in [1.54, 1.807) is 24.3 Å². The minimum absolute atomic E-state index is 0.134. The van der Waals surface area contributed by atoms with Crippen LogP contribution in [0, 0.1) is 0 Å². The summed E-state index contributed by atoms with van der Waals surface area (Å²) in [6, 6.07) is 12.5. The molecule has 2 aromatic carbocycles. The molecular weight excluding hydrogens is 492 g/mol. The highest BCUT2D eigenvalue weighted by Crippen LogP contribution is 2.31. The number of nitrogens with one attached hydrogen (secondary N) is 2. The predicted molar refractivity (Wildman–Crippen MR) is 139 cm³/mol. The summed E-state index contributed by atoms with van der Waals surface area (Å²) < 4.78 is 14.9. The molecule has 2 amide bonds. The van der Waals surface area contributed by atoms with Crippen LogP contribution >= 0.6 is 35.1 Å². The predicted octanol–water partition coefficient (Wildman–Crippen LogP) is 5.43. The van der Waals surface area contributed by atoms with Gasteiger partial charge in [0.1, 0.15) is 17.1 Å². The molecule has 3 aromatic rings. The van der Waals surface area contributed by atoms with E-state index in [0.29, 0.717) is 39.5 Å². The number of thioether (sulfide) groups is 2. The molecule has 2 N–H and O–H groups in total. The molecular formula is C23H26N4O4S3. The molecule has 0 bridgehead atoms. The standard InChI is InChI=1S/C23H26N4O4S3/c1-5-18(20(28)25-22-26-23(27-34-22)32-6-2)33-15-10-7-9-14(13-15)24-21(29)19-16(30-3)11-8-12-17(19)31-4/h7-13,18H,5-6H2,1-4H3,(H,24,29)(H,25,26,27,28). The molecule has 11 heteroatoms. The van der Waals surface area contributed by atoms with Crippen LogP contribution in [-0.4, -0.2) is 46.4 Å². The number of carbonyl (C=O) groups excluding carboxylic acids is 2. The average molecular weight is 519 g/mol. The Morgan fingerprint density at radius 1 is 1.06 bits per heavy atom. The van der Waals surface area contributed by atoms with Gasteiger partial charge in [0, 0.05) is 22.1 Å². The molecule has 34 heavy (non-hydrogen) atoms. The molecule has 0 radical (unpaired) electrons. The number of methoxy groups -OCH3 is 2. The molecule has 0 fully saturated rings. The zero-order valence-corrected chi connectivity index (χ0v) is 21.7. The maximum Gasteiger partial charge on any atom is 0.263 e. The van der Waals surface area contributed by atoms with Gasteiger partial charge in [0.15, 0.2) is 0 Å². The van der Waals surface area contributed by atoms with Gasteiger partial charge in [-0.25, -0.2) is 0 Å². The van der Waals surface area contributed by atoms with Gasteiger partial charge in [-0.2, -0.15) is 9.36 Å². The maximum absolute atomic E-state index is 13.0. The number of benzene rings is 2. The van der Waals surface area contributed by atoms with Crippen molar-refractivity contribution in [2.45, 2.75) is 35.6 Å². The van der Waals surface area contributed by atoms with Gasteiger partial charge in [-0.3, -0.25) is 14.9 Å².